The molecule has 0 bridgehead atoms. The number of benzene rings is 2. The third-order valence-corrected chi connectivity index (χ3v) is 15.0. The number of hydrogen-bond donors (Lipinski definition) is 2. The molecule has 244 valence electrons. The Balaban J connectivity index is 1.24. The largest absolute Gasteiger partial charge is 0.392 e. The Morgan fingerprint density at radius 3 is 1.27 bits per heavy atom. The van der Waals surface area contributed by atoms with Gasteiger partial charge in [-0.15, -0.1) is 0 Å². The zero-order chi connectivity index (χ0) is 31.5. The first-order valence-corrected chi connectivity index (χ1v) is 19.7. The Kier molecular flexibility index (Phi) is 11.6. The molecule has 2 aromatic carbocycles. The van der Waals surface area contributed by atoms with Gasteiger partial charge in [0.1, 0.15) is 0 Å². The van der Waals surface area contributed by atoms with E-state index < -0.39 is 0 Å². The molecule has 0 amide bonds. The monoisotopic (exact) mass is 636 g/mol. The summed E-state index contributed by atoms with van der Waals surface area (Å²) >= 11 is 4.34. The highest BCUT2D eigenvalue weighted by Crippen LogP contribution is 2.50. The van der Waals surface area contributed by atoms with E-state index in [9.17, 15) is 10.2 Å². The van der Waals surface area contributed by atoms with Gasteiger partial charge in [-0.3, -0.25) is 0 Å². The quantitative estimate of drug-likeness (QED) is 0.303. The van der Waals surface area contributed by atoms with Crippen molar-refractivity contribution in [3.05, 3.63) is 71.8 Å². The molecule has 3 aliphatic rings. The fourth-order valence-corrected chi connectivity index (χ4v) is 12.0. The van der Waals surface area contributed by atoms with Crippen LogP contribution in [0.2, 0.25) is 0 Å². The van der Waals surface area contributed by atoms with E-state index in [2.05, 4.69) is 126 Å². The predicted molar refractivity (Wildman–Crippen MR) is 193 cm³/mol. The zero-order valence-electron chi connectivity index (χ0n) is 28.3. The maximum Gasteiger partial charge on any atom is 0.0644 e. The van der Waals surface area contributed by atoms with E-state index >= 15 is 0 Å². The van der Waals surface area contributed by atoms with Gasteiger partial charge in [-0.25, -0.2) is 0 Å². The lowest BCUT2D eigenvalue weighted by Crippen LogP contribution is -2.42. The lowest BCUT2D eigenvalue weighted by atomic mass is 9.63. The summed E-state index contributed by atoms with van der Waals surface area (Å²) in [6, 6.07) is 21.6. The van der Waals surface area contributed by atoms with E-state index in [1.165, 1.54) is 36.8 Å². The van der Waals surface area contributed by atoms with Crippen molar-refractivity contribution in [1.82, 2.24) is 0 Å². The SMILES string of the molecule is CC(C)(C)C1CC(CSC2CCCCC2SCC2CC(C(C)(C)C)CC(c3ccccc3)C2O)C(O)C(c2ccccc2)C1. The lowest BCUT2D eigenvalue weighted by Gasteiger charge is -2.46. The van der Waals surface area contributed by atoms with E-state index in [0.29, 0.717) is 34.2 Å². The average Bonchev–Trinajstić information content (AvgIpc) is 3.00. The molecule has 0 heterocycles. The van der Waals surface area contributed by atoms with Crippen molar-refractivity contribution in [2.45, 2.75) is 127 Å². The second-order valence-electron chi connectivity index (χ2n) is 16.6. The maximum atomic E-state index is 11.7. The second kappa shape index (κ2) is 14.9. The van der Waals surface area contributed by atoms with Gasteiger partial charge in [-0.1, -0.05) is 115 Å². The molecule has 0 aromatic heterocycles. The van der Waals surface area contributed by atoms with Crippen LogP contribution in [0, 0.1) is 34.5 Å². The molecular weight excluding hydrogens is 577 g/mol. The van der Waals surface area contributed by atoms with Crippen molar-refractivity contribution in [2.75, 3.05) is 11.5 Å². The molecule has 4 heteroatoms. The van der Waals surface area contributed by atoms with E-state index in [4.69, 9.17) is 0 Å². The predicted octanol–water partition coefficient (Wildman–Crippen LogP) is 10.2. The summed E-state index contributed by atoms with van der Waals surface area (Å²) in [5, 5.41) is 24.8. The molecule has 0 aliphatic heterocycles. The van der Waals surface area contributed by atoms with Gasteiger partial charge in [0, 0.05) is 22.3 Å². The summed E-state index contributed by atoms with van der Waals surface area (Å²) in [5.74, 6) is 4.53. The van der Waals surface area contributed by atoms with E-state index in [1.54, 1.807) is 0 Å². The highest BCUT2D eigenvalue weighted by molar-refractivity contribution is 8.03. The van der Waals surface area contributed by atoms with Gasteiger partial charge in [0.05, 0.1) is 12.2 Å². The number of hydrogen-bond acceptors (Lipinski definition) is 4. The molecular formula is C40H60O2S2. The lowest BCUT2D eigenvalue weighted by molar-refractivity contribution is 0.00958. The van der Waals surface area contributed by atoms with Crippen LogP contribution >= 0.6 is 23.5 Å². The van der Waals surface area contributed by atoms with Gasteiger partial charge in [-0.2, -0.15) is 23.5 Å². The summed E-state index contributed by atoms with van der Waals surface area (Å²) in [7, 11) is 0. The van der Waals surface area contributed by atoms with Crippen LogP contribution in [0.5, 0.6) is 0 Å². The highest BCUT2D eigenvalue weighted by atomic mass is 32.2. The molecule has 3 fully saturated rings. The number of aliphatic hydroxyl groups excluding tert-OH is 2. The fraction of sp³-hybridized carbons (Fsp3) is 0.700. The summed E-state index contributed by atoms with van der Waals surface area (Å²) < 4.78 is 0. The molecule has 2 aromatic rings. The van der Waals surface area contributed by atoms with Crippen molar-refractivity contribution in [1.29, 1.82) is 0 Å². The molecule has 2 nitrogen and oxygen atoms in total. The third-order valence-electron chi connectivity index (χ3n) is 11.6. The minimum absolute atomic E-state index is 0.234. The van der Waals surface area contributed by atoms with Crippen molar-refractivity contribution in [3.8, 4) is 0 Å². The molecule has 0 spiro atoms. The Labute approximate surface area is 278 Å². The molecule has 0 saturated heterocycles. The average molecular weight is 637 g/mol. The molecule has 3 saturated carbocycles. The van der Waals surface area contributed by atoms with Crippen LogP contribution < -0.4 is 0 Å². The molecule has 2 N–H and O–H groups in total. The Morgan fingerprint density at radius 2 is 0.932 bits per heavy atom. The first kappa shape index (κ1) is 34.4. The molecule has 3 aliphatic carbocycles. The first-order valence-electron chi connectivity index (χ1n) is 17.6. The van der Waals surface area contributed by atoms with Crippen molar-refractivity contribution in [3.63, 3.8) is 0 Å². The minimum Gasteiger partial charge on any atom is -0.392 e. The Bertz CT molecular complexity index is 1050. The van der Waals surface area contributed by atoms with Crippen LogP contribution in [0.25, 0.3) is 0 Å². The van der Waals surface area contributed by atoms with Gasteiger partial charge in [-0.05, 0) is 95.7 Å². The first-order chi connectivity index (χ1) is 20.9. The molecule has 10 atom stereocenters. The number of thioether (sulfide) groups is 2. The second-order valence-corrected chi connectivity index (χ2v) is 19.2. The summed E-state index contributed by atoms with van der Waals surface area (Å²) in [6.07, 6.45) is 9.15. The summed E-state index contributed by atoms with van der Waals surface area (Å²) in [4.78, 5) is 0. The smallest absolute Gasteiger partial charge is 0.0644 e. The van der Waals surface area contributed by atoms with Gasteiger partial charge < -0.3 is 10.2 Å². The van der Waals surface area contributed by atoms with E-state index in [-0.39, 0.29) is 34.9 Å². The van der Waals surface area contributed by atoms with Crippen molar-refractivity contribution in [2.24, 2.45) is 34.5 Å². The maximum absolute atomic E-state index is 11.7. The van der Waals surface area contributed by atoms with E-state index in [0.717, 1.165) is 37.2 Å². The Hall–Kier alpha value is -0.940. The van der Waals surface area contributed by atoms with Crippen LogP contribution in [0.1, 0.15) is 116 Å². The van der Waals surface area contributed by atoms with Crippen molar-refractivity contribution < 1.29 is 10.2 Å². The summed E-state index contributed by atoms with van der Waals surface area (Å²) in [6.45, 7) is 14.3. The third kappa shape index (κ3) is 8.50. The van der Waals surface area contributed by atoms with Gasteiger partial charge in [0.2, 0.25) is 0 Å². The van der Waals surface area contributed by atoms with Gasteiger partial charge >= 0.3 is 0 Å². The number of aliphatic hydroxyl groups is 2. The highest BCUT2D eigenvalue weighted by Gasteiger charge is 2.43. The molecule has 5 rings (SSSR count). The normalized spacial score (nSPS) is 35.4. The molecule has 44 heavy (non-hydrogen) atoms. The van der Waals surface area contributed by atoms with Crippen LogP contribution in [0.15, 0.2) is 60.7 Å². The minimum atomic E-state index is -0.264. The molecule has 0 radical (unpaired) electrons. The standard InChI is InChI=1S/C40H60O2S2/c1-39(2,3)31-21-29(37(41)33(23-31)27-15-9-7-10-16-27)25-43-35-19-13-14-20-36(35)44-26-30-22-32(40(4,5)6)24-34(38(30)42)28-17-11-8-12-18-28/h7-12,15-18,29-38,41-42H,13-14,19-26H2,1-6H3. The fourth-order valence-electron chi connectivity index (χ4n) is 8.50. The van der Waals surface area contributed by atoms with Crippen LogP contribution in [-0.2, 0) is 0 Å². The van der Waals surface area contributed by atoms with Crippen LogP contribution in [0.3, 0.4) is 0 Å². The Morgan fingerprint density at radius 1 is 0.568 bits per heavy atom. The van der Waals surface area contributed by atoms with Crippen LogP contribution in [0.4, 0.5) is 0 Å². The summed E-state index contributed by atoms with van der Waals surface area (Å²) in [5.41, 5.74) is 3.12. The number of rotatable bonds is 8. The molecule has 10 unspecified atom stereocenters. The van der Waals surface area contributed by atoms with Gasteiger partial charge in [0.25, 0.3) is 0 Å². The van der Waals surface area contributed by atoms with Crippen LogP contribution in [-0.4, -0.2) is 44.4 Å². The van der Waals surface area contributed by atoms with E-state index in [1.807, 2.05) is 0 Å². The zero-order valence-corrected chi connectivity index (χ0v) is 30.0. The van der Waals surface area contributed by atoms with Crippen molar-refractivity contribution >= 4 is 23.5 Å². The van der Waals surface area contributed by atoms with Gasteiger partial charge in [0.15, 0.2) is 0 Å². The topological polar surface area (TPSA) is 40.5 Å².